The quantitative estimate of drug-likeness (QED) is 0.802. The second-order valence-corrected chi connectivity index (χ2v) is 4.28. The Labute approximate surface area is 84.6 Å². The monoisotopic (exact) mass is 211 g/mol. The number of hydrogen-bond acceptors (Lipinski definition) is 4. The Kier molecular flexibility index (Phi) is 2.33. The van der Waals surface area contributed by atoms with Crippen LogP contribution in [0.3, 0.4) is 0 Å². The molecule has 1 aromatic heterocycles. The number of fused-ring (bicyclic) bond motifs is 1. The number of carboxylic acid groups (broad SMARTS) is 1. The van der Waals surface area contributed by atoms with Crippen molar-refractivity contribution in [3.63, 3.8) is 0 Å². The smallest absolute Gasteiger partial charge is 0.303 e. The molecule has 5 heteroatoms. The van der Waals surface area contributed by atoms with Crippen LogP contribution < -0.4 is 0 Å². The molecule has 1 atom stereocenters. The number of aliphatic carboxylic acids is 1. The topological polar surface area (TPSA) is 67.3 Å². The third-order valence-electron chi connectivity index (χ3n) is 2.31. The summed E-state index contributed by atoms with van der Waals surface area (Å²) in [7, 11) is 0. The second-order valence-electron chi connectivity index (χ2n) is 3.42. The average Bonchev–Trinajstić information content (AvgIpc) is 2.50. The highest BCUT2D eigenvalue weighted by Crippen LogP contribution is 2.29. The van der Waals surface area contributed by atoms with E-state index in [1.807, 2.05) is 0 Å². The van der Waals surface area contributed by atoms with Gasteiger partial charge in [0.2, 0.25) is 0 Å². The van der Waals surface area contributed by atoms with Gasteiger partial charge in [-0.1, -0.05) is 0 Å². The first kappa shape index (κ1) is 9.33. The normalized spacial score (nSPS) is 20.6. The van der Waals surface area contributed by atoms with E-state index in [-0.39, 0.29) is 18.1 Å². The second kappa shape index (κ2) is 3.49. The minimum absolute atomic E-state index is 0.0417. The van der Waals surface area contributed by atoms with Crippen molar-refractivity contribution in [3.8, 4) is 0 Å². The Bertz CT molecular complexity index is 385. The molecule has 1 aliphatic carbocycles. The van der Waals surface area contributed by atoms with Gasteiger partial charge in [0.15, 0.2) is 5.78 Å². The van der Waals surface area contributed by atoms with Gasteiger partial charge in [0.05, 0.1) is 16.1 Å². The van der Waals surface area contributed by atoms with E-state index >= 15 is 0 Å². The van der Waals surface area contributed by atoms with Gasteiger partial charge in [-0.2, -0.15) is 0 Å². The number of rotatable bonds is 2. The summed E-state index contributed by atoms with van der Waals surface area (Å²) in [6.07, 6.45) is 1.03. The highest BCUT2D eigenvalue weighted by Gasteiger charge is 2.28. The van der Waals surface area contributed by atoms with E-state index in [0.29, 0.717) is 17.7 Å². The Morgan fingerprint density at radius 3 is 3.14 bits per heavy atom. The molecule has 74 valence electrons. The van der Waals surface area contributed by atoms with Crippen molar-refractivity contribution < 1.29 is 14.7 Å². The summed E-state index contributed by atoms with van der Waals surface area (Å²) in [6.45, 7) is 0. The minimum atomic E-state index is -0.846. The van der Waals surface area contributed by atoms with Crippen LogP contribution in [0, 0.1) is 5.92 Å². The van der Waals surface area contributed by atoms with Crippen LogP contribution in [0.4, 0.5) is 0 Å². The molecule has 1 N–H and O–H groups in total. The van der Waals surface area contributed by atoms with Crippen molar-refractivity contribution in [1.82, 2.24) is 4.98 Å². The predicted molar refractivity (Wildman–Crippen MR) is 50.5 cm³/mol. The Balaban J connectivity index is 2.17. The molecule has 0 aliphatic heterocycles. The molecular weight excluding hydrogens is 202 g/mol. The van der Waals surface area contributed by atoms with E-state index in [1.54, 1.807) is 5.51 Å². The molecule has 0 bridgehead atoms. The first-order valence-corrected chi connectivity index (χ1v) is 5.22. The van der Waals surface area contributed by atoms with Crippen LogP contribution >= 0.6 is 11.3 Å². The van der Waals surface area contributed by atoms with Gasteiger partial charge in [0, 0.05) is 12.8 Å². The van der Waals surface area contributed by atoms with Crippen molar-refractivity contribution in [3.05, 3.63) is 16.1 Å². The molecule has 0 aromatic carbocycles. The molecule has 4 nitrogen and oxygen atoms in total. The Morgan fingerprint density at radius 1 is 1.64 bits per heavy atom. The number of hydrogen-bond donors (Lipinski definition) is 1. The molecular formula is C9H9NO3S. The predicted octanol–water partition coefficient (Wildman–Crippen LogP) is 1.36. The number of aromatic nitrogens is 1. The van der Waals surface area contributed by atoms with Crippen LogP contribution in [0.25, 0.3) is 0 Å². The zero-order chi connectivity index (χ0) is 10.1. The van der Waals surface area contributed by atoms with Crippen LogP contribution in [-0.4, -0.2) is 21.8 Å². The number of Topliss-reactive ketones (excluding diaryl/α,β-unsaturated/α-hetero) is 1. The average molecular weight is 211 g/mol. The number of ketones is 1. The van der Waals surface area contributed by atoms with E-state index < -0.39 is 5.97 Å². The van der Waals surface area contributed by atoms with Gasteiger partial charge in [-0.25, -0.2) is 4.98 Å². The molecule has 14 heavy (non-hydrogen) atoms. The lowest BCUT2D eigenvalue weighted by Gasteiger charge is -2.17. The maximum Gasteiger partial charge on any atom is 0.303 e. The maximum atomic E-state index is 11.5. The largest absolute Gasteiger partial charge is 0.481 e. The highest BCUT2D eigenvalue weighted by molar-refractivity contribution is 7.12. The summed E-state index contributed by atoms with van der Waals surface area (Å²) in [5, 5.41) is 8.62. The summed E-state index contributed by atoms with van der Waals surface area (Å²) >= 11 is 1.35. The van der Waals surface area contributed by atoms with Gasteiger partial charge in [-0.05, 0) is 12.3 Å². The number of nitrogens with zero attached hydrogens (tertiary/aromatic N) is 1. The molecule has 0 fully saturated rings. The summed E-state index contributed by atoms with van der Waals surface area (Å²) in [6, 6.07) is 0. The minimum Gasteiger partial charge on any atom is -0.481 e. The fourth-order valence-corrected chi connectivity index (χ4v) is 2.51. The van der Waals surface area contributed by atoms with Gasteiger partial charge in [-0.15, -0.1) is 11.3 Å². The van der Waals surface area contributed by atoms with Gasteiger partial charge < -0.3 is 5.11 Å². The first-order valence-electron chi connectivity index (χ1n) is 4.34. The lowest BCUT2D eigenvalue weighted by molar-refractivity contribution is -0.138. The van der Waals surface area contributed by atoms with E-state index in [4.69, 9.17) is 5.11 Å². The van der Waals surface area contributed by atoms with Crippen LogP contribution in [0.2, 0.25) is 0 Å². The van der Waals surface area contributed by atoms with Crippen molar-refractivity contribution in [1.29, 1.82) is 0 Å². The number of carbonyl (C=O) groups excluding carboxylic acids is 1. The van der Waals surface area contributed by atoms with Crippen molar-refractivity contribution in [2.75, 3.05) is 0 Å². The molecule has 1 aliphatic rings. The molecule has 0 saturated carbocycles. The third-order valence-corrected chi connectivity index (χ3v) is 3.22. The van der Waals surface area contributed by atoms with Crippen molar-refractivity contribution >= 4 is 23.1 Å². The molecule has 0 saturated heterocycles. The fourth-order valence-electron chi connectivity index (χ4n) is 1.73. The molecule has 0 amide bonds. The summed E-state index contributed by atoms with van der Waals surface area (Å²) < 4.78 is 0. The lowest BCUT2D eigenvalue weighted by atomic mass is 9.88. The van der Waals surface area contributed by atoms with E-state index in [0.717, 1.165) is 5.69 Å². The van der Waals surface area contributed by atoms with Crippen LogP contribution in [0.15, 0.2) is 5.51 Å². The summed E-state index contributed by atoms with van der Waals surface area (Å²) in [5.74, 6) is -0.879. The van der Waals surface area contributed by atoms with Crippen LogP contribution in [-0.2, 0) is 11.2 Å². The van der Waals surface area contributed by atoms with Gasteiger partial charge in [-0.3, -0.25) is 9.59 Å². The molecule has 1 unspecified atom stereocenters. The fraction of sp³-hybridized carbons (Fsp3) is 0.444. The third kappa shape index (κ3) is 1.68. The Morgan fingerprint density at radius 2 is 2.43 bits per heavy atom. The summed E-state index contributed by atoms with van der Waals surface area (Å²) in [5.41, 5.74) is 2.42. The van der Waals surface area contributed by atoms with Gasteiger partial charge in [0.25, 0.3) is 0 Å². The zero-order valence-corrected chi connectivity index (χ0v) is 8.21. The summed E-state index contributed by atoms with van der Waals surface area (Å²) in [4.78, 5) is 26.8. The molecule has 2 rings (SSSR count). The molecule has 0 spiro atoms. The number of carboxylic acids is 1. The molecule has 1 aromatic rings. The molecule has 0 radical (unpaired) electrons. The number of thiazole rings is 1. The van der Waals surface area contributed by atoms with Crippen molar-refractivity contribution in [2.45, 2.75) is 19.3 Å². The van der Waals surface area contributed by atoms with Gasteiger partial charge in [0.1, 0.15) is 0 Å². The van der Waals surface area contributed by atoms with Gasteiger partial charge >= 0.3 is 5.97 Å². The Hall–Kier alpha value is -1.23. The molecule has 1 heterocycles. The highest BCUT2D eigenvalue weighted by atomic mass is 32.1. The maximum absolute atomic E-state index is 11.5. The van der Waals surface area contributed by atoms with Crippen LogP contribution in [0.5, 0.6) is 0 Å². The number of carbonyl (C=O) groups is 2. The van der Waals surface area contributed by atoms with E-state index in [9.17, 15) is 9.59 Å². The lowest BCUT2D eigenvalue weighted by Crippen LogP contribution is -2.21. The van der Waals surface area contributed by atoms with E-state index in [1.165, 1.54) is 11.3 Å². The van der Waals surface area contributed by atoms with Crippen LogP contribution in [0.1, 0.15) is 28.2 Å². The zero-order valence-electron chi connectivity index (χ0n) is 7.40. The van der Waals surface area contributed by atoms with Crippen molar-refractivity contribution in [2.24, 2.45) is 5.92 Å². The SMILES string of the molecule is O=C(O)CC1CC(=O)c2scnc2C1. The van der Waals surface area contributed by atoms with E-state index in [2.05, 4.69) is 4.98 Å². The standard InChI is InChI=1S/C9H9NO3S/c11-7-2-5(3-8(12)13)1-6-9(7)14-4-10-6/h4-5H,1-3H2,(H,12,13). The first-order chi connectivity index (χ1) is 6.66.